The Kier molecular flexibility index (Phi) is 1.40. The van der Waals surface area contributed by atoms with Crippen molar-refractivity contribution in [1.82, 2.24) is 0 Å². The molecule has 62 valence electrons. The zero-order valence-electron chi connectivity index (χ0n) is 5.59. The van der Waals surface area contributed by atoms with Crippen LogP contribution in [0.2, 0.25) is 0 Å². The van der Waals surface area contributed by atoms with Crippen LogP contribution >= 0.6 is 22.6 Å². The fourth-order valence-corrected chi connectivity index (χ4v) is 1.35. The zero-order chi connectivity index (χ0) is 8.88. The number of halogens is 1. The molecule has 5 nitrogen and oxygen atoms in total. The van der Waals surface area contributed by atoms with Crippen LogP contribution in [0.5, 0.6) is 0 Å². The monoisotopic (exact) mass is 279 g/mol. The van der Waals surface area contributed by atoms with Crippen LogP contribution in [-0.4, -0.2) is 11.9 Å². The fourth-order valence-electron chi connectivity index (χ4n) is 0.885. The van der Waals surface area contributed by atoms with Crippen molar-refractivity contribution in [2.75, 3.05) is 0 Å². The highest BCUT2D eigenvalue weighted by atomic mass is 127. The predicted molar refractivity (Wildman–Crippen MR) is 44.4 cm³/mol. The summed E-state index contributed by atoms with van der Waals surface area (Å²) in [5, 5.41) is 0. The van der Waals surface area contributed by atoms with Crippen LogP contribution in [-0.2, 0) is 19.1 Å². The average Bonchev–Trinajstić information content (AvgIpc) is 2.43. The number of ether oxygens (including phenoxy) is 2. The summed E-state index contributed by atoms with van der Waals surface area (Å²) in [6.45, 7) is 0. The molecule has 0 aliphatic carbocycles. The van der Waals surface area contributed by atoms with Gasteiger partial charge >= 0.3 is 11.9 Å². The second kappa shape index (κ2) is 2.22. The summed E-state index contributed by atoms with van der Waals surface area (Å²) in [6, 6.07) is 0. The minimum Gasteiger partial charge on any atom is -0.416 e. The summed E-state index contributed by atoms with van der Waals surface area (Å²) in [6.07, 6.45) is 0. The highest BCUT2D eigenvalue weighted by Gasteiger charge is 2.40. The lowest BCUT2D eigenvalue weighted by Gasteiger charge is -1.91. The van der Waals surface area contributed by atoms with E-state index in [2.05, 4.69) is 9.47 Å². The van der Waals surface area contributed by atoms with E-state index >= 15 is 0 Å². The third kappa shape index (κ3) is 0.779. The van der Waals surface area contributed by atoms with Gasteiger partial charge in [-0.1, -0.05) is 0 Å². The summed E-state index contributed by atoms with van der Waals surface area (Å²) in [5.41, 5.74) is 5.13. The van der Waals surface area contributed by atoms with E-state index in [1.54, 1.807) is 22.6 Å². The summed E-state index contributed by atoms with van der Waals surface area (Å²) < 4.78 is 9.58. The molecule has 2 aliphatic rings. The first kappa shape index (κ1) is 7.59. The van der Waals surface area contributed by atoms with Crippen molar-refractivity contribution in [2.24, 2.45) is 5.73 Å². The molecule has 2 N–H and O–H groups in total. The van der Waals surface area contributed by atoms with Crippen LogP contribution in [0.25, 0.3) is 0 Å². The van der Waals surface area contributed by atoms with Crippen molar-refractivity contribution < 1.29 is 19.1 Å². The molecule has 2 heterocycles. The van der Waals surface area contributed by atoms with Gasteiger partial charge in [0.2, 0.25) is 5.76 Å². The van der Waals surface area contributed by atoms with E-state index < -0.39 is 11.9 Å². The SMILES string of the molecule is NC1=C2OC(=O)C(I)=C2OC1=O. The quantitative estimate of drug-likeness (QED) is 0.495. The number of nitrogens with two attached hydrogens (primary N) is 1. The first-order valence-electron chi connectivity index (χ1n) is 2.95. The van der Waals surface area contributed by atoms with Crippen LogP contribution in [0, 0.1) is 0 Å². The van der Waals surface area contributed by atoms with Gasteiger partial charge in [0.1, 0.15) is 3.58 Å². The fraction of sp³-hybridized carbons (Fsp3) is 0. The Morgan fingerprint density at radius 1 is 1.08 bits per heavy atom. The number of fused-ring (bicyclic) bond motifs is 1. The Bertz CT molecular complexity index is 332. The second-order valence-electron chi connectivity index (χ2n) is 2.16. The maximum absolute atomic E-state index is 10.9. The Labute approximate surface area is 80.3 Å². The average molecular weight is 279 g/mol. The van der Waals surface area contributed by atoms with Gasteiger partial charge in [-0.2, -0.15) is 0 Å². The van der Waals surface area contributed by atoms with Gasteiger partial charge in [0, 0.05) is 0 Å². The molecule has 2 rings (SSSR count). The first-order chi connectivity index (χ1) is 5.61. The van der Waals surface area contributed by atoms with Gasteiger partial charge in [-0.15, -0.1) is 0 Å². The molecule has 0 unspecified atom stereocenters. The van der Waals surface area contributed by atoms with Crippen LogP contribution in [0.15, 0.2) is 20.8 Å². The molecule has 0 fully saturated rings. The van der Waals surface area contributed by atoms with Gasteiger partial charge in [-0.25, -0.2) is 9.59 Å². The van der Waals surface area contributed by atoms with Crippen molar-refractivity contribution in [2.45, 2.75) is 0 Å². The van der Waals surface area contributed by atoms with Crippen molar-refractivity contribution in [3.8, 4) is 0 Å². The predicted octanol–water partition coefficient (Wildman–Crippen LogP) is -0.0831. The maximum atomic E-state index is 10.9. The van der Waals surface area contributed by atoms with E-state index in [0.29, 0.717) is 0 Å². The minimum atomic E-state index is -0.665. The third-order valence-corrected chi connectivity index (χ3v) is 2.37. The third-order valence-electron chi connectivity index (χ3n) is 1.44. The number of carbonyl (C=O) groups is 2. The van der Waals surface area contributed by atoms with E-state index in [4.69, 9.17) is 5.73 Å². The van der Waals surface area contributed by atoms with Crippen LogP contribution in [0.4, 0.5) is 0 Å². The van der Waals surface area contributed by atoms with E-state index in [0.717, 1.165) is 0 Å². The van der Waals surface area contributed by atoms with E-state index in [1.807, 2.05) is 0 Å². The number of esters is 2. The van der Waals surface area contributed by atoms with Gasteiger partial charge in [-0.05, 0) is 22.6 Å². The van der Waals surface area contributed by atoms with Crippen LogP contribution in [0.3, 0.4) is 0 Å². The summed E-state index contributed by atoms with van der Waals surface area (Å²) in [4.78, 5) is 21.7. The molecule has 0 aromatic rings. The lowest BCUT2D eigenvalue weighted by Crippen LogP contribution is -2.10. The minimum absolute atomic E-state index is 0.0504. The maximum Gasteiger partial charge on any atom is 0.363 e. The molecule has 0 saturated carbocycles. The number of hydrogen-bond acceptors (Lipinski definition) is 5. The zero-order valence-corrected chi connectivity index (χ0v) is 7.75. The van der Waals surface area contributed by atoms with E-state index in [9.17, 15) is 9.59 Å². The number of hydrogen-bond donors (Lipinski definition) is 1. The van der Waals surface area contributed by atoms with Gasteiger partial charge in [0.25, 0.3) is 0 Å². The molecule has 0 amide bonds. The largest absolute Gasteiger partial charge is 0.416 e. The molecule has 0 saturated heterocycles. The Hall–Kier alpha value is -1.05. The number of carbonyl (C=O) groups excluding carboxylic acids is 2. The van der Waals surface area contributed by atoms with Gasteiger partial charge in [0.05, 0.1) is 0 Å². The van der Waals surface area contributed by atoms with Crippen molar-refractivity contribution in [3.05, 3.63) is 20.8 Å². The van der Waals surface area contributed by atoms with Crippen LogP contribution in [0.1, 0.15) is 0 Å². The van der Waals surface area contributed by atoms with Gasteiger partial charge in [-0.3, -0.25) is 0 Å². The summed E-state index contributed by atoms with van der Waals surface area (Å²) >= 11 is 1.73. The van der Waals surface area contributed by atoms with Crippen molar-refractivity contribution in [1.29, 1.82) is 0 Å². The van der Waals surface area contributed by atoms with Crippen molar-refractivity contribution in [3.63, 3.8) is 0 Å². The van der Waals surface area contributed by atoms with E-state index in [-0.39, 0.29) is 20.8 Å². The molecule has 0 spiro atoms. The second-order valence-corrected chi connectivity index (χ2v) is 3.24. The highest BCUT2D eigenvalue weighted by Crippen LogP contribution is 2.36. The topological polar surface area (TPSA) is 78.6 Å². The Morgan fingerprint density at radius 3 is 2.25 bits per heavy atom. The molecule has 0 atom stereocenters. The molecule has 0 radical (unpaired) electrons. The molecule has 6 heteroatoms. The van der Waals surface area contributed by atoms with Gasteiger partial charge < -0.3 is 15.2 Å². The van der Waals surface area contributed by atoms with E-state index in [1.165, 1.54) is 0 Å². The summed E-state index contributed by atoms with van der Waals surface area (Å²) in [7, 11) is 0. The molecule has 2 aliphatic heterocycles. The lowest BCUT2D eigenvalue weighted by atomic mass is 10.4. The standard InChI is InChI=1S/C6H2INO4/c7-1-3-4(12-5(1)9)2(8)6(10)11-3/h8H2. The smallest absolute Gasteiger partial charge is 0.363 e. The molecule has 12 heavy (non-hydrogen) atoms. The normalized spacial score (nSPS) is 21.4. The Morgan fingerprint density at radius 2 is 1.67 bits per heavy atom. The van der Waals surface area contributed by atoms with Crippen LogP contribution < -0.4 is 5.73 Å². The van der Waals surface area contributed by atoms with Crippen molar-refractivity contribution >= 4 is 34.5 Å². The lowest BCUT2D eigenvalue weighted by molar-refractivity contribution is -0.133. The molecular formula is C6H2INO4. The molecule has 0 bridgehead atoms. The molecule has 0 aromatic carbocycles. The first-order valence-corrected chi connectivity index (χ1v) is 4.03. The molecular weight excluding hydrogens is 277 g/mol. The van der Waals surface area contributed by atoms with Gasteiger partial charge in [0.15, 0.2) is 11.5 Å². The summed E-state index contributed by atoms with van der Waals surface area (Å²) in [5.74, 6) is -1.00. The Balaban J connectivity index is 2.59. The molecule has 0 aromatic heterocycles. The number of rotatable bonds is 0. The highest BCUT2D eigenvalue weighted by molar-refractivity contribution is 14.1.